The standard InChI is InChI=1S/C15H15NO3/c1-18-13-5-3-4-12(10-13)14(15(17)19-2)11-6-8-16-9-7-11/h3-10,14H,1-2H3. The van der Waals surface area contributed by atoms with Crippen molar-refractivity contribution in [3.8, 4) is 5.75 Å². The summed E-state index contributed by atoms with van der Waals surface area (Å²) < 4.78 is 10.1. The highest BCUT2D eigenvalue weighted by Crippen LogP contribution is 2.28. The molecular weight excluding hydrogens is 242 g/mol. The Kier molecular flexibility index (Phi) is 4.13. The first-order valence-electron chi connectivity index (χ1n) is 5.88. The summed E-state index contributed by atoms with van der Waals surface area (Å²) in [5.41, 5.74) is 1.67. The van der Waals surface area contributed by atoms with E-state index in [2.05, 4.69) is 4.98 Å². The summed E-state index contributed by atoms with van der Waals surface area (Å²) in [6.07, 6.45) is 3.32. The SMILES string of the molecule is COC(=O)C(c1ccncc1)c1cccc(OC)c1. The highest BCUT2D eigenvalue weighted by atomic mass is 16.5. The van der Waals surface area contributed by atoms with Crippen LogP contribution in [0.1, 0.15) is 17.0 Å². The summed E-state index contributed by atoms with van der Waals surface area (Å²) in [6, 6.07) is 11.0. The third kappa shape index (κ3) is 2.91. The van der Waals surface area contributed by atoms with Gasteiger partial charge in [0.1, 0.15) is 11.7 Å². The second-order valence-corrected chi connectivity index (χ2v) is 4.01. The van der Waals surface area contributed by atoms with Crippen LogP contribution in [-0.4, -0.2) is 25.2 Å². The molecule has 0 aliphatic rings. The lowest BCUT2D eigenvalue weighted by Gasteiger charge is -2.16. The first kappa shape index (κ1) is 13.1. The topological polar surface area (TPSA) is 48.4 Å². The summed E-state index contributed by atoms with van der Waals surface area (Å²) in [5, 5.41) is 0. The van der Waals surface area contributed by atoms with Gasteiger partial charge in [-0.25, -0.2) is 0 Å². The summed E-state index contributed by atoms with van der Waals surface area (Å²) in [5.74, 6) is -0.0667. The quantitative estimate of drug-likeness (QED) is 0.789. The highest BCUT2D eigenvalue weighted by molar-refractivity contribution is 5.82. The largest absolute Gasteiger partial charge is 0.497 e. The van der Waals surface area contributed by atoms with E-state index in [0.29, 0.717) is 5.75 Å². The number of methoxy groups -OCH3 is 2. The van der Waals surface area contributed by atoms with Crippen molar-refractivity contribution >= 4 is 5.97 Å². The zero-order chi connectivity index (χ0) is 13.7. The van der Waals surface area contributed by atoms with Crippen LogP contribution in [0.2, 0.25) is 0 Å². The number of benzene rings is 1. The lowest BCUT2D eigenvalue weighted by molar-refractivity contribution is -0.141. The summed E-state index contributed by atoms with van der Waals surface area (Å²) >= 11 is 0. The molecule has 19 heavy (non-hydrogen) atoms. The van der Waals surface area contributed by atoms with Crippen LogP contribution in [-0.2, 0) is 9.53 Å². The Morgan fingerprint density at radius 3 is 2.47 bits per heavy atom. The van der Waals surface area contributed by atoms with E-state index in [-0.39, 0.29) is 5.97 Å². The molecule has 0 N–H and O–H groups in total. The Bertz CT molecular complexity index is 554. The molecule has 0 amide bonds. The van der Waals surface area contributed by atoms with Crippen molar-refractivity contribution in [2.24, 2.45) is 0 Å². The molecule has 4 nitrogen and oxygen atoms in total. The van der Waals surface area contributed by atoms with E-state index in [1.807, 2.05) is 24.3 Å². The van der Waals surface area contributed by atoms with Crippen molar-refractivity contribution in [3.63, 3.8) is 0 Å². The fourth-order valence-electron chi connectivity index (χ4n) is 1.96. The van der Waals surface area contributed by atoms with Crippen LogP contribution in [0.15, 0.2) is 48.8 Å². The third-order valence-electron chi connectivity index (χ3n) is 2.90. The highest BCUT2D eigenvalue weighted by Gasteiger charge is 2.23. The third-order valence-corrected chi connectivity index (χ3v) is 2.90. The van der Waals surface area contributed by atoms with Crippen molar-refractivity contribution in [3.05, 3.63) is 59.9 Å². The van der Waals surface area contributed by atoms with E-state index in [1.54, 1.807) is 31.6 Å². The van der Waals surface area contributed by atoms with Gasteiger partial charge in [-0.05, 0) is 35.4 Å². The molecule has 4 heteroatoms. The van der Waals surface area contributed by atoms with Crippen LogP contribution in [0, 0.1) is 0 Å². The Labute approximate surface area is 112 Å². The molecule has 0 saturated heterocycles. The van der Waals surface area contributed by atoms with Gasteiger partial charge in [0.2, 0.25) is 0 Å². The maximum absolute atomic E-state index is 12.0. The Morgan fingerprint density at radius 2 is 1.84 bits per heavy atom. The van der Waals surface area contributed by atoms with Gasteiger partial charge in [0.15, 0.2) is 0 Å². The molecule has 2 aromatic rings. The Hall–Kier alpha value is -2.36. The molecule has 0 radical (unpaired) electrons. The zero-order valence-electron chi connectivity index (χ0n) is 10.9. The first-order chi connectivity index (χ1) is 9.26. The molecule has 1 aromatic carbocycles. The molecule has 1 unspecified atom stereocenters. The van der Waals surface area contributed by atoms with E-state index < -0.39 is 5.92 Å². The number of hydrogen-bond acceptors (Lipinski definition) is 4. The van der Waals surface area contributed by atoms with E-state index >= 15 is 0 Å². The number of ether oxygens (including phenoxy) is 2. The fourth-order valence-corrected chi connectivity index (χ4v) is 1.96. The van der Waals surface area contributed by atoms with Gasteiger partial charge in [0, 0.05) is 12.4 Å². The summed E-state index contributed by atoms with van der Waals surface area (Å²) in [6.45, 7) is 0. The smallest absolute Gasteiger partial charge is 0.317 e. The molecular formula is C15H15NO3. The molecule has 0 saturated carbocycles. The van der Waals surface area contributed by atoms with E-state index in [4.69, 9.17) is 9.47 Å². The second-order valence-electron chi connectivity index (χ2n) is 4.01. The molecule has 1 atom stereocenters. The summed E-state index contributed by atoms with van der Waals surface area (Å²) in [4.78, 5) is 16.0. The van der Waals surface area contributed by atoms with Gasteiger partial charge in [0.25, 0.3) is 0 Å². The molecule has 2 rings (SSSR count). The molecule has 0 fully saturated rings. The van der Waals surface area contributed by atoms with Gasteiger partial charge >= 0.3 is 5.97 Å². The zero-order valence-corrected chi connectivity index (χ0v) is 10.9. The number of esters is 1. The average Bonchev–Trinajstić information content (AvgIpc) is 2.48. The molecule has 0 bridgehead atoms. The van der Waals surface area contributed by atoms with Crippen molar-refractivity contribution in [1.82, 2.24) is 4.98 Å². The predicted molar refractivity (Wildman–Crippen MR) is 71.1 cm³/mol. The number of carbonyl (C=O) groups is 1. The summed E-state index contributed by atoms with van der Waals surface area (Å²) in [7, 11) is 2.98. The van der Waals surface area contributed by atoms with Gasteiger partial charge < -0.3 is 9.47 Å². The van der Waals surface area contributed by atoms with Crippen molar-refractivity contribution in [2.45, 2.75) is 5.92 Å². The normalized spacial score (nSPS) is 11.7. The van der Waals surface area contributed by atoms with Crippen LogP contribution in [0.25, 0.3) is 0 Å². The number of rotatable bonds is 4. The maximum atomic E-state index is 12.0. The van der Waals surface area contributed by atoms with Crippen LogP contribution < -0.4 is 4.74 Å². The minimum Gasteiger partial charge on any atom is -0.497 e. The first-order valence-corrected chi connectivity index (χ1v) is 5.88. The lowest BCUT2D eigenvalue weighted by atomic mass is 9.92. The fraction of sp³-hybridized carbons (Fsp3) is 0.200. The van der Waals surface area contributed by atoms with Gasteiger partial charge in [-0.15, -0.1) is 0 Å². The van der Waals surface area contributed by atoms with Gasteiger partial charge in [0.05, 0.1) is 14.2 Å². The van der Waals surface area contributed by atoms with E-state index in [9.17, 15) is 4.79 Å². The number of aromatic nitrogens is 1. The Balaban J connectivity index is 2.46. The molecule has 0 aliphatic carbocycles. The van der Waals surface area contributed by atoms with Crippen molar-refractivity contribution < 1.29 is 14.3 Å². The lowest BCUT2D eigenvalue weighted by Crippen LogP contribution is -2.15. The number of pyridine rings is 1. The molecule has 98 valence electrons. The Morgan fingerprint density at radius 1 is 1.11 bits per heavy atom. The van der Waals surface area contributed by atoms with E-state index in [0.717, 1.165) is 11.1 Å². The second kappa shape index (κ2) is 6.00. The molecule has 1 heterocycles. The minimum absolute atomic E-state index is 0.306. The predicted octanol–water partition coefficient (Wildman–Crippen LogP) is 2.40. The minimum atomic E-state index is -0.469. The van der Waals surface area contributed by atoms with Gasteiger partial charge in [-0.1, -0.05) is 12.1 Å². The maximum Gasteiger partial charge on any atom is 0.317 e. The van der Waals surface area contributed by atoms with Crippen LogP contribution >= 0.6 is 0 Å². The molecule has 1 aromatic heterocycles. The van der Waals surface area contributed by atoms with Crippen molar-refractivity contribution in [1.29, 1.82) is 0 Å². The number of nitrogens with zero attached hydrogens (tertiary/aromatic N) is 1. The van der Waals surface area contributed by atoms with E-state index in [1.165, 1.54) is 7.11 Å². The van der Waals surface area contributed by atoms with Crippen LogP contribution in [0.4, 0.5) is 0 Å². The van der Waals surface area contributed by atoms with Gasteiger partial charge in [-0.3, -0.25) is 9.78 Å². The average molecular weight is 257 g/mol. The van der Waals surface area contributed by atoms with Crippen molar-refractivity contribution in [2.75, 3.05) is 14.2 Å². The monoisotopic (exact) mass is 257 g/mol. The van der Waals surface area contributed by atoms with Crippen LogP contribution in [0.5, 0.6) is 5.75 Å². The van der Waals surface area contributed by atoms with Gasteiger partial charge in [-0.2, -0.15) is 0 Å². The number of carbonyl (C=O) groups excluding carboxylic acids is 1. The molecule has 0 aliphatic heterocycles. The molecule has 0 spiro atoms. The van der Waals surface area contributed by atoms with Crippen LogP contribution in [0.3, 0.4) is 0 Å². The number of hydrogen-bond donors (Lipinski definition) is 0.